The fraction of sp³-hybridized carbons (Fsp3) is 0.500. The molecule has 0 amide bonds. The van der Waals surface area contributed by atoms with Gasteiger partial charge in [-0.3, -0.25) is 5.01 Å². The van der Waals surface area contributed by atoms with Gasteiger partial charge in [0.2, 0.25) is 0 Å². The summed E-state index contributed by atoms with van der Waals surface area (Å²) >= 11 is 0. The van der Waals surface area contributed by atoms with E-state index in [1.54, 1.807) is 0 Å². The lowest BCUT2D eigenvalue weighted by molar-refractivity contribution is 0.353. The lowest BCUT2D eigenvalue weighted by Gasteiger charge is -2.15. The molecular weight excluding hydrogens is 124 g/mol. The van der Waals surface area contributed by atoms with Crippen molar-refractivity contribution in [2.45, 2.75) is 26.8 Å². The molecule has 0 saturated heterocycles. The summed E-state index contributed by atoms with van der Waals surface area (Å²) in [6, 6.07) is 0.469. The van der Waals surface area contributed by atoms with Crippen LogP contribution < -0.4 is 5.43 Å². The molecular formula is C8H14N2. The van der Waals surface area contributed by atoms with Crippen molar-refractivity contribution < 1.29 is 0 Å². The van der Waals surface area contributed by atoms with E-state index in [4.69, 9.17) is 0 Å². The predicted octanol–water partition coefficient (Wildman–Crippen LogP) is 1.63. The molecule has 1 aliphatic rings. The molecule has 2 heteroatoms. The Labute approximate surface area is 62.2 Å². The van der Waals surface area contributed by atoms with Crippen molar-refractivity contribution in [1.82, 2.24) is 10.4 Å². The Bertz CT molecular complexity index is 170. The van der Waals surface area contributed by atoms with Crippen molar-refractivity contribution in [1.29, 1.82) is 0 Å². The Morgan fingerprint density at radius 3 is 2.80 bits per heavy atom. The molecule has 0 radical (unpaired) electrons. The summed E-state index contributed by atoms with van der Waals surface area (Å²) in [5.41, 5.74) is 4.53. The molecule has 1 rings (SSSR count). The molecule has 0 aromatic carbocycles. The number of hydrogen-bond donors (Lipinski definition) is 1. The first-order valence-corrected chi connectivity index (χ1v) is 3.60. The molecule has 0 saturated carbocycles. The molecule has 1 N–H and O–H groups in total. The Balaban J connectivity index is 2.59. The molecule has 0 aromatic heterocycles. The predicted molar refractivity (Wildman–Crippen MR) is 43.0 cm³/mol. The van der Waals surface area contributed by atoms with Crippen LogP contribution in [0.4, 0.5) is 0 Å². The molecule has 1 heterocycles. The van der Waals surface area contributed by atoms with E-state index in [0.717, 1.165) is 0 Å². The molecule has 10 heavy (non-hydrogen) atoms. The van der Waals surface area contributed by atoms with E-state index in [2.05, 4.69) is 25.3 Å². The lowest BCUT2D eigenvalue weighted by atomic mass is 10.3. The zero-order valence-corrected chi connectivity index (χ0v) is 6.76. The second-order valence-electron chi connectivity index (χ2n) is 2.58. The number of hydrogen-bond acceptors (Lipinski definition) is 2. The SMILES string of the molecule is C/C=C\N1NC(C)C=C1C. The van der Waals surface area contributed by atoms with Crippen LogP contribution in [0, 0.1) is 0 Å². The van der Waals surface area contributed by atoms with Gasteiger partial charge in [0.05, 0.1) is 0 Å². The Kier molecular flexibility index (Phi) is 2.12. The van der Waals surface area contributed by atoms with Crippen LogP contribution in [0.2, 0.25) is 0 Å². The van der Waals surface area contributed by atoms with E-state index in [9.17, 15) is 0 Å². The quantitative estimate of drug-likeness (QED) is 0.592. The highest BCUT2D eigenvalue weighted by molar-refractivity contribution is 5.10. The van der Waals surface area contributed by atoms with Crippen molar-refractivity contribution in [3.05, 3.63) is 24.0 Å². The molecule has 2 nitrogen and oxygen atoms in total. The average molecular weight is 138 g/mol. The van der Waals surface area contributed by atoms with E-state index in [0.29, 0.717) is 6.04 Å². The Hall–Kier alpha value is -0.760. The molecule has 0 fully saturated rings. The molecule has 0 bridgehead atoms. The molecule has 1 atom stereocenters. The maximum Gasteiger partial charge on any atom is 0.0438 e. The first-order chi connectivity index (χ1) is 4.74. The van der Waals surface area contributed by atoms with Crippen molar-refractivity contribution in [3.8, 4) is 0 Å². The van der Waals surface area contributed by atoms with Crippen LogP contribution in [0.15, 0.2) is 24.0 Å². The van der Waals surface area contributed by atoms with Crippen molar-refractivity contribution in [3.63, 3.8) is 0 Å². The monoisotopic (exact) mass is 138 g/mol. The summed E-state index contributed by atoms with van der Waals surface area (Å²) < 4.78 is 0. The minimum absolute atomic E-state index is 0.469. The van der Waals surface area contributed by atoms with Crippen LogP contribution in [0.25, 0.3) is 0 Å². The summed E-state index contributed by atoms with van der Waals surface area (Å²) in [6.45, 7) is 6.24. The van der Waals surface area contributed by atoms with Gasteiger partial charge in [-0.15, -0.1) is 0 Å². The zero-order valence-electron chi connectivity index (χ0n) is 6.76. The molecule has 56 valence electrons. The summed E-state index contributed by atoms with van der Waals surface area (Å²) in [4.78, 5) is 0. The lowest BCUT2D eigenvalue weighted by Crippen LogP contribution is -2.30. The Morgan fingerprint density at radius 1 is 1.70 bits per heavy atom. The van der Waals surface area contributed by atoms with Crippen molar-refractivity contribution in [2.75, 3.05) is 0 Å². The third-order valence-corrected chi connectivity index (χ3v) is 1.51. The highest BCUT2D eigenvalue weighted by Gasteiger charge is 2.12. The fourth-order valence-electron chi connectivity index (χ4n) is 1.11. The number of rotatable bonds is 1. The highest BCUT2D eigenvalue weighted by Crippen LogP contribution is 2.10. The second kappa shape index (κ2) is 2.88. The molecule has 0 spiro atoms. The fourth-order valence-corrected chi connectivity index (χ4v) is 1.11. The van der Waals surface area contributed by atoms with Gasteiger partial charge in [-0.2, -0.15) is 0 Å². The normalized spacial score (nSPS) is 26.1. The third-order valence-electron chi connectivity index (χ3n) is 1.51. The van der Waals surface area contributed by atoms with E-state index in [-0.39, 0.29) is 0 Å². The van der Waals surface area contributed by atoms with Gasteiger partial charge in [-0.25, -0.2) is 5.43 Å². The molecule has 1 aliphatic heterocycles. The van der Waals surface area contributed by atoms with Gasteiger partial charge in [0.25, 0.3) is 0 Å². The number of nitrogens with zero attached hydrogens (tertiary/aromatic N) is 1. The number of nitrogens with one attached hydrogen (secondary N) is 1. The summed E-state index contributed by atoms with van der Waals surface area (Å²) in [5, 5.41) is 2.03. The van der Waals surface area contributed by atoms with Gasteiger partial charge in [0.1, 0.15) is 0 Å². The summed E-state index contributed by atoms with van der Waals surface area (Å²) in [5.74, 6) is 0. The first-order valence-electron chi connectivity index (χ1n) is 3.60. The highest BCUT2D eigenvalue weighted by atomic mass is 15.5. The summed E-state index contributed by atoms with van der Waals surface area (Å²) in [6.07, 6.45) is 6.23. The van der Waals surface area contributed by atoms with Crippen molar-refractivity contribution >= 4 is 0 Å². The largest absolute Gasteiger partial charge is 0.289 e. The number of hydrazine groups is 1. The maximum atomic E-state index is 3.26. The zero-order chi connectivity index (χ0) is 7.56. The third kappa shape index (κ3) is 1.39. The van der Waals surface area contributed by atoms with Gasteiger partial charge in [0.15, 0.2) is 0 Å². The van der Waals surface area contributed by atoms with Crippen LogP contribution in [-0.2, 0) is 0 Å². The average Bonchev–Trinajstić information content (AvgIpc) is 2.13. The smallest absolute Gasteiger partial charge is 0.0438 e. The summed E-state index contributed by atoms with van der Waals surface area (Å²) in [7, 11) is 0. The van der Waals surface area contributed by atoms with Gasteiger partial charge in [-0.1, -0.05) is 6.08 Å². The van der Waals surface area contributed by atoms with E-state index < -0.39 is 0 Å². The Morgan fingerprint density at radius 2 is 2.40 bits per heavy atom. The van der Waals surface area contributed by atoms with Crippen molar-refractivity contribution in [2.24, 2.45) is 0 Å². The molecule has 0 aromatic rings. The van der Waals surface area contributed by atoms with Crippen LogP contribution in [0.3, 0.4) is 0 Å². The number of allylic oxidation sites excluding steroid dienone is 2. The van der Waals surface area contributed by atoms with Crippen LogP contribution in [-0.4, -0.2) is 11.1 Å². The van der Waals surface area contributed by atoms with Gasteiger partial charge < -0.3 is 0 Å². The van der Waals surface area contributed by atoms with Crippen LogP contribution >= 0.6 is 0 Å². The second-order valence-corrected chi connectivity index (χ2v) is 2.58. The minimum atomic E-state index is 0.469. The standard InChI is InChI=1S/C8H14N2/c1-4-5-10-8(3)6-7(2)9-10/h4-7,9H,1-3H3/b5-4-. The van der Waals surface area contributed by atoms with E-state index in [1.807, 2.05) is 24.2 Å². The van der Waals surface area contributed by atoms with Gasteiger partial charge in [0, 0.05) is 17.9 Å². The van der Waals surface area contributed by atoms with Crippen LogP contribution in [0.1, 0.15) is 20.8 Å². The molecule has 0 aliphatic carbocycles. The van der Waals surface area contributed by atoms with E-state index >= 15 is 0 Å². The van der Waals surface area contributed by atoms with Crippen LogP contribution in [0.5, 0.6) is 0 Å². The van der Waals surface area contributed by atoms with Gasteiger partial charge >= 0.3 is 0 Å². The van der Waals surface area contributed by atoms with Gasteiger partial charge in [-0.05, 0) is 26.8 Å². The maximum absolute atomic E-state index is 3.26. The van der Waals surface area contributed by atoms with E-state index in [1.165, 1.54) is 5.70 Å². The molecule has 1 unspecified atom stereocenters. The topological polar surface area (TPSA) is 15.3 Å². The first kappa shape index (κ1) is 7.35. The minimum Gasteiger partial charge on any atom is -0.289 e.